The molecule has 2 aromatic carbocycles. The molecule has 0 aliphatic carbocycles. The largest absolute Gasteiger partial charge is 0.366 e. The number of halogens is 2. The number of amides is 2. The lowest BCUT2D eigenvalue weighted by molar-refractivity contribution is 0.0975. The van der Waals surface area contributed by atoms with Crippen molar-refractivity contribution in [2.75, 3.05) is 5.32 Å². The lowest BCUT2D eigenvalue weighted by Crippen LogP contribution is -2.34. The van der Waals surface area contributed by atoms with Gasteiger partial charge >= 0.3 is 0 Å². The van der Waals surface area contributed by atoms with Crippen molar-refractivity contribution in [2.24, 2.45) is 5.73 Å². The average molecular weight is 368 g/mol. The summed E-state index contributed by atoms with van der Waals surface area (Å²) in [5.74, 6) is -1.13. The molecule has 5 nitrogen and oxygen atoms in total. The van der Waals surface area contributed by atoms with Crippen LogP contribution in [0.25, 0.3) is 0 Å². The highest BCUT2D eigenvalue weighted by molar-refractivity contribution is 7.80. The van der Waals surface area contributed by atoms with Crippen LogP contribution in [0.3, 0.4) is 0 Å². The molecule has 0 aliphatic heterocycles. The zero-order valence-electron chi connectivity index (χ0n) is 11.6. The summed E-state index contributed by atoms with van der Waals surface area (Å²) in [6.45, 7) is 0. The number of anilines is 1. The molecular formula is C15H11Cl2N3O2S. The number of rotatable bonds is 3. The van der Waals surface area contributed by atoms with Gasteiger partial charge in [0.25, 0.3) is 11.8 Å². The van der Waals surface area contributed by atoms with Crippen molar-refractivity contribution < 1.29 is 9.59 Å². The van der Waals surface area contributed by atoms with E-state index in [1.807, 2.05) is 0 Å². The van der Waals surface area contributed by atoms with E-state index in [4.69, 9.17) is 41.2 Å². The SMILES string of the molecule is NC(=O)c1ccccc1NC(=S)NC(=O)c1cc(Cl)ccc1Cl. The zero-order valence-corrected chi connectivity index (χ0v) is 13.9. The van der Waals surface area contributed by atoms with Crippen LogP contribution in [-0.2, 0) is 0 Å². The molecule has 118 valence electrons. The molecule has 2 aromatic rings. The summed E-state index contributed by atoms with van der Waals surface area (Å²) in [6, 6.07) is 11.0. The molecule has 0 radical (unpaired) electrons. The molecule has 0 fully saturated rings. The Hall–Kier alpha value is -2.15. The summed E-state index contributed by atoms with van der Waals surface area (Å²) in [5.41, 5.74) is 6.11. The monoisotopic (exact) mass is 367 g/mol. The van der Waals surface area contributed by atoms with E-state index in [0.717, 1.165) is 0 Å². The van der Waals surface area contributed by atoms with Gasteiger partial charge in [0.15, 0.2) is 5.11 Å². The number of benzene rings is 2. The molecule has 0 atom stereocenters. The first-order valence-electron chi connectivity index (χ1n) is 6.34. The van der Waals surface area contributed by atoms with Crippen molar-refractivity contribution in [2.45, 2.75) is 0 Å². The highest BCUT2D eigenvalue weighted by Gasteiger charge is 2.14. The average Bonchev–Trinajstić information content (AvgIpc) is 2.49. The van der Waals surface area contributed by atoms with Gasteiger partial charge in [0.1, 0.15) is 0 Å². The van der Waals surface area contributed by atoms with Crippen LogP contribution in [0.4, 0.5) is 5.69 Å². The number of thiocarbonyl (C=S) groups is 1. The first-order chi connectivity index (χ1) is 10.9. The Bertz CT molecular complexity index is 796. The summed E-state index contributed by atoms with van der Waals surface area (Å²) in [4.78, 5) is 23.5. The third-order valence-electron chi connectivity index (χ3n) is 2.84. The smallest absolute Gasteiger partial charge is 0.258 e. The molecular weight excluding hydrogens is 357 g/mol. The number of hydrogen-bond acceptors (Lipinski definition) is 3. The van der Waals surface area contributed by atoms with E-state index in [2.05, 4.69) is 10.6 Å². The molecule has 23 heavy (non-hydrogen) atoms. The van der Waals surface area contributed by atoms with Gasteiger partial charge in [-0.15, -0.1) is 0 Å². The van der Waals surface area contributed by atoms with Crippen LogP contribution in [0.2, 0.25) is 10.0 Å². The fourth-order valence-corrected chi connectivity index (χ4v) is 2.38. The third-order valence-corrected chi connectivity index (χ3v) is 3.61. The van der Waals surface area contributed by atoms with E-state index < -0.39 is 11.8 Å². The second kappa shape index (κ2) is 7.41. The Labute approximate surface area is 147 Å². The highest BCUT2D eigenvalue weighted by atomic mass is 35.5. The number of para-hydroxylation sites is 1. The molecule has 0 saturated carbocycles. The quantitative estimate of drug-likeness (QED) is 0.727. The van der Waals surface area contributed by atoms with Crippen molar-refractivity contribution in [1.29, 1.82) is 0 Å². The van der Waals surface area contributed by atoms with E-state index in [0.29, 0.717) is 10.7 Å². The van der Waals surface area contributed by atoms with Crippen molar-refractivity contribution in [3.63, 3.8) is 0 Å². The lowest BCUT2D eigenvalue weighted by atomic mass is 10.1. The van der Waals surface area contributed by atoms with Crippen molar-refractivity contribution in [3.8, 4) is 0 Å². The first-order valence-corrected chi connectivity index (χ1v) is 7.51. The van der Waals surface area contributed by atoms with Crippen LogP contribution >= 0.6 is 35.4 Å². The van der Waals surface area contributed by atoms with Crippen molar-refractivity contribution >= 4 is 58.0 Å². The van der Waals surface area contributed by atoms with Gasteiger partial charge in [0, 0.05) is 5.02 Å². The van der Waals surface area contributed by atoms with Gasteiger partial charge in [0.05, 0.1) is 21.8 Å². The summed E-state index contributed by atoms with van der Waals surface area (Å²) >= 11 is 16.9. The predicted molar refractivity (Wildman–Crippen MR) is 95.1 cm³/mol. The maximum Gasteiger partial charge on any atom is 0.258 e. The topological polar surface area (TPSA) is 84.2 Å². The number of carbonyl (C=O) groups excluding carboxylic acids is 2. The number of nitrogens with one attached hydrogen (secondary N) is 2. The number of primary amides is 1. The highest BCUT2D eigenvalue weighted by Crippen LogP contribution is 2.20. The molecule has 0 heterocycles. The van der Waals surface area contributed by atoms with Gasteiger partial charge in [-0.05, 0) is 42.5 Å². The summed E-state index contributed by atoms with van der Waals surface area (Å²) in [6.07, 6.45) is 0. The van der Waals surface area contributed by atoms with Crippen LogP contribution in [0.15, 0.2) is 42.5 Å². The second-order valence-electron chi connectivity index (χ2n) is 4.44. The molecule has 0 spiro atoms. The van der Waals surface area contributed by atoms with Gasteiger partial charge in [-0.2, -0.15) is 0 Å². The van der Waals surface area contributed by atoms with Crippen LogP contribution in [-0.4, -0.2) is 16.9 Å². The molecule has 0 aliphatic rings. The first kappa shape index (κ1) is 17.2. The maximum absolute atomic E-state index is 12.2. The number of carbonyl (C=O) groups is 2. The minimum Gasteiger partial charge on any atom is -0.366 e. The molecule has 2 amide bonds. The van der Waals surface area contributed by atoms with Gasteiger partial charge in [-0.25, -0.2) is 0 Å². The Kier molecular flexibility index (Phi) is 5.54. The van der Waals surface area contributed by atoms with E-state index in [9.17, 15) is 9.59 Å². The van der Waals surface area contributed by atoms with E-state index >= 15 is 0 Å². The molecule has 2 rings (SSSR count). The second-order valence-corrected chi connectivity index (χ2v) is 5.69. The molecule has 8 heteroatoms. The Morgan fingerprint density at radius 1 is 1.04 bits per heavy atom. The lowest BCUT2D eigenvalue weighted by Gasteiger charge is -2.12. The zero-order chi connectivity index (χ0) is 17.0. The molecule has 0 bridgehead atoms. The molecule has 0 unspecified atom stereocenters. The van der Waals surface area contributed by atoms with Crippen LogP contribution < -0.4 is 16.4 Å². The van der Waals surface area contributed by atoms with Crippen molar-refractivity contribution in [3.05, 3.63) is 63.6 Å². The summed E-state index contributed by atoms with van der Waals surface area (Å²) in [7, 11) is 0. The minimum atomic E-state index is -0.611. The summed E-state index contributed by atoms with van der Waals surface area (Å²) in [5, 5.41) is 5.83. The Morgan fingerprint density at radius 2 is 1.74 bits per heavy atom. The standard InChI is InChI=1S/C15H11Cl2N3O2S/c16-8-5-6-11(17)10(7-8)14(22)20-15(23)19-12-4-2-1-3-9(12)13(18)21/h1-7H,(H2,18,21)(H2,19,20,22,23). The maximum atomic E-state index is 12.2. The van der Waals surface area contributed by atoms with E-state index in [1.54, 1.807) is 30.3 Å². The molecule has 0 saturated heterocycles. The molecule has 0 aromatic heterocycles. The number of hydrogen-bond donors (Lipinski definition) is 3. The van der Waals surface area contributed by atoms with Crippen LogP contribution in [0.1, 0.15) is 20.7 Å². The van der Waals surface area contributed by atoms with Gasteiger partial charge in [0.2, 0.25) is 0 Å². The minimum absolute atomic E-state index is 0.000239. The van der Waals surface area contributed by atoms with Gasteiger partial charge in [-0.3, -0.25) is 14.9 Å². The van der Waals surface area contributed by atoms with Crippen LogP contribution in [0.5, 0.6) is 0 Å². The fourth-order valence-electron chi connectivity index (χ4n) is 1.80. The van der Waals surface area contributed by atoms with E-state index in [1.165, 1.54) is 12.1 Å². The normalized spacial score (nSPS) is 10.0. The van der Waals surface area contributed by atoms with Gasteiger partial charge < -0.3 is 11.1 Å². The Balaban J connectivity index is 2.12. The molecule has 4 N–H and O–H groups in total. The van der Waals surface area contributed by atoms with Crippen LogP contribution in [0, 0.1) is 0 Å². The Morgan fingerprint density at radius 3 is 2.43 bits per heavy atom. The fraction of sp³-hybridized carbons (Fsp3) is 0. The van der Waals surface area contributed by atoms with Gasteiger partial charge in [-0.1, -0.05) is 35.3 Å². The predicted octanol–water partition coefficient (Wildman–Crippen LogP) is 3.22. The van der Waals surface area contributed by atoms with E-state index in [-0.39, 0.29) is 21.3 Å². The third kappa shape index (κ3) is 4.41. The number of nitrogens with two attached hydrogens (primary N) is 1. The summed E-state index contributed by atoms with van der Waals surface area (Å²) < 4.78 is 0. The van der Waals surface area contributed by atoms with Crippen molar-refractivity contribution in [1.82, 2.24) is 5.32 Å².